The summed E-state index contributed by atoms with van der Waals surface area (Å²) in [5.74, 6) is 0. The van der Waals surface area contributed by atoms with Crippen molar-refractivity contribution in [2.45, 2.75) is 58.4 Å². The highest BCUT2D eigenvalue weighted by Crippen LogP contribution is 2.37. The number of carbonyl (C=O) groups excluding carboxylic acids is 1. The van der Waals surface area contributed by atoms with E-state index in [1.807, 2.05) is 6.08 Å². The number of rotatable bonds is 5. The van der Waals surface area contributed by atoms with Gasteiger partial charge in [0.15, 0.2) is 8.32 Å². The molecule has 3 heteroatoms. The normalized spacial score (nSPS) is 15.6. The zero-order valence-corrected chi connectivity index (χ0v) is 11.8. The van der Waals surface area contributed by atoms with Gasteiger partial charge in [-0.05, 0) is 37.6 Å². The van der Waals surface area contributed by atoms with Crippen LogP contribution in [-0.2, 0) is 9.22 Å². The van der Waals surface area contributed by atoms with E-state index in [0.717, 1.165) is 12.7 Å². The standard InChI is InChI=1S/C12H24O2Si/c1-11(9-7-8-10-13)14-15(5,6)12(2,3)4/h7-8,10-11H,9H2,1-6H3/b8-7+/t11-/m1/s1. The van der Waals surface area contributed by atoms with Crippen LogP contribution in [0.4, 0.5) is 0 Å². The van der Waals surface area contributed by atoms with E-state index in [1.165, 1.54) is 6.08 Å². The topological polar surface area (TPSA) is 26.3 Å². The van der Waals surface area contributed by atoms with Gasteiger partial charge in [0.1, 0.15) is 6.29 Å². The van der Waals surface area contributed by atoms with Crippen LogP contribution in [0.2, 0.25) is 18.1 Å². The van der Waals surface area contributed by atoms with Crippen molar-refractivity contribution in [3.8, 4) is 0 Å². The van der Waals surface area contributed by atoms with Gasteiger partial charge in [-0.2, -0.15) is 0 Å². The molecule has 0 bridgehead atoms. The molecule has 88 valence electrons. The van der Waals surface area contributed by atoms with Crippen LogP contribution in [0.5, 0.6) is 0 Å². The minimum Gasteiger partial charge on any atom is -0.414 e. The molecule has 0 saturated carbocycles. The van der Waals surface area contributed by atoms with E-state index in [0.29, 0.717) is 0 Å². The lowest BCUT2D eigenvalue weighted by Gasteiger charge is -2.38. The van der Waals surface area contributed by atoms with Crippen LogP contribution >= 0.6 is 0 Å². The Labute approximate surface area is 94.8 Å². The maximum atomic E-state index is 10.1. The van der Waals surface area contributed by atoms with Gasteiger partial charge in [-0.25, -0.2) is 0 Å². The van der Waals surface area contributed by atoms with E-state index >= 15 is 0 Å². The van der Waals surface area contributed by atoms with Crippen LogP contribution in [0.15, 0.2) is 12.2 Å². The van der Waals surface area contributed by atoms with Crippen LogP contribution in [0.3, 0.4) is 0 Å². The lowest BCUT2D eigenvalue weighted by Crippen LogP contribution is -2.43. The first-order valence-corrected chi connectivity index (χ1v) is 8.39. The van der Waals surface area contributed by atoms with Crippen molar-refractivity contribution in [2.75, 3.05) is 0 Å². The van der Waals surface area contributed by atoms with Gasteiger partial charge in [0.05, 0.1) is 0 Å². The van der Waals surface area contributed by atoms with Crippen molar-refractivity contribution in [1.29, 1.82) is 0 Å². The quantitative estimate of drug-likeness (QED) is 0.409. The molecule has 0 fully saturated rings. The van der Waals surface area contributed by atoms with E-state index in [1.54, 1.807) is 0 Å². The van der Waals surface area contributed by atoms with E-state index in [2.05, 4.69) is 40.8 Å². The molecule has 0 aromatic rings. The molecule has 2 nitrogen and oxygen atoms in total. The summed E-state index contributed by atoms with van der Waals surface area (Å²) < 4.78 is 6.12. The molecule has 0 N–H and O–H groups in total. The summed E-state index contributed by atoms with van der Waals surface area (Å²) in [7, 11) is -1.65. The Morgan fingerprint density at radius 2 is 1.87 bits per heavy atom. The predicted octanol–water partition coefficient (Wildman–Crippen LogP) is 3.54. The SMILES string of the molecule is C[C@H](C/C=C/C=O)O[Si](C)(C)C(C)(C)C. The molecule has 0 saturated heterocycles. The molecule has 0 aromatic carbocycles. The van der Waals surface area contributed by atoms with E-state index in [9.17, 15) is 4.79 Å². The van der Waals surface area contributed by atoms with E-state index < -0.39 is 8.32 Å². The minimum atomic E-state index is -1.65. The van der Waals surface area contributed by atoms with E-state index in [-0.39, 0.29) is 11.1 Å². The van der Waals surface area contributed by atoms with Crippen LogP contribution < -0.4 is 0 Å². The van der Waals surface area contributed by atoms with Crippen LogP contribution in [-0.4, -0.2) is 20.7 Å². The highest BCUT2D eigenvalue weighted by atomic mass is 28.4. The first-order valence-electron chi connectivity index (χ1n) is 5.49. The summed E-state index contributed by atoms with van der Waals surface area (Å²) in [4.78, 5) is 10.1. The van der Waals surface area contributed by atoms with E-state index in [4.69, 9.17) is 4.43 Å². The summed E-state index contributed by atoms with van der Waals surface area (Å²) in [5, 5.41) is 0.246. The van der Waals surface area contributed by atoms with Crippen molar-refractivity contribution in [3.63, 3.8) is 0 Å². The average molecular weight is 228 g/mol. The molecule has 0 aliphatic carbocycles. The highest BCUT2D eigenvalue weighted by molar-refractivity contribution is 6.74. The fourth-order valence-electron chi connectivity index (χ4n) is 1.05. The van der Waals surface area contributed by atoms with Crippen LogP contribution in [0.25, 0.3) is 0 Å². The van der Waals surface area contributed by atoms with Gasteiger partial charge in [-0.3, -0.25) is 4.79 Å². The number of carbonyl (C=O) groups is 1. The first-order chi connectivity index (χ1) is 6.70. The van der Waals surface area contributed by atoms with Crippen LogP contribution in [0, 0.1) is 0 Å². The van der Waals surface area contributed by atoms with Gasteiger partial charge >= 0.3 is 0 Å². The van der Waals surface area contributed by atoms with Gasteiger partial charge in [0.2, 0.25) is 0 Å². The third kappa shape index (κ3) is 5.28. The summed E-state index contributed by atoms with van der Waals surface area (Å²) in [6.45, 7) is 13.2. The second-order valence-corrected chi connectivity index (χ2v) is 10.2. The lowest BCUT2D eigenvalue weighted by molar-refractivity contribution is -0.104. The Hall–Kier alpha value is -0.413. The summed E-state index contributed by atoms with van der Waals surface area (Å²) in [6.07, 6.45) is 5.21. The monoisotopic (exact) mass is 228 g/mol. The zero-order chi connectivity index (χ0) is 12.1. The number of hydrogen-bond donors (Lipinski definition) is 0. The van der Waals surface area contributed by atoms with Crippen molar-refractivity contribution >= 4 is 14.6 Å². The molecular weight excluding hydrogens is 204 g/mol. The summed E-state index contributed by atoms with van der Waals surface area (Å²) >= 11 is 0. The summed E-state index contributed by atoms with van der Waals surface area (Å²) in [5.41, 5.74) is 0. The van der Waals surface area contributed by atoms with Crippen molar-refractivity contribution in [2.24, 2.45) is 0 Å². The molecule has 15 heavy (non-hydrogen) atoms. The Morgan fingerprint density at radius 1 is 1.33 bits per heavy atom. The molecular formula is C12H24O2Si. The van der Waals surface area contributed by atoms with Crippen molar-refractivity contribution in [1.82, 2.24) is 0 Å². The van der Waals surface area contributed by atoms with Gasteiger partial charge < -0.3 is 4.43 Å². The predicted molar refractivity (Wildman–Crippen MR) is 67.6 cm³/mol. The Morgan fingerprint density at radius 3 is 2.27 bits per heavy atom. The lowest BCUT2D eigenvalue weighted by atomic mass is 10.2. The van der Waals surface area contributed by atoms with Gasteiger partial charge in [0.25, 0.3) is 0 Å². The molecule has 0 aromatic heterocycles. The molecule has 0 radical (unpaired) electrons. The Balaban J connectivity index is 4.22. The average Bonchev–Trinajstić information content (AvgIpc) is 2.01. The third-order valence-corrected chi connectivity index (χ3v) is 7.59. The number of aldehydes is 1. The smallest absolute Gasteiger partial charge is 0.192 e. The molecule has 0 aliphatic heterocycles. The Kier molecular flexibility index (Phi) is 5.46. The Bertz CT molecular complexity index is 226. The third-order valence-electron chi connectivity index (χ3n) is 2.98. The second-order valence-electron chi connectivity index (χ2n) is 5.49. The van der Waals surface area contributed by atoms with Crippen LogP contribution in [0.1, 0.15) is 34.1 Å². The van der Waals surface area contributed by atoms with Gasteiger partial charge in [-0.1, -0.05) is 26.8 Å². The number of allylic oxidation sites excluding steroid dienone is 1. The van der Waals surface area contributed by atoms with Crippen molar-refractivity contribution < 1.29 is 9.22 Å². The summed E-state index contributed by atoms with van der Waals surface area (Å²) in [6, 6.07) is 0. The maximum Gasteiger partial charge on any atom is 0.192 e. The molecule has 0 unspecified atom stereocenters. The minimum absolute atomic E-state index is 0.196. The maximum absolute atomic E-state index is 10.1. The highest BCUT2D eigenvalue weighted by Gasteiger charge is 2.38. The molecule has 0 amide bonds. The largest absolute Gasteiger partial charge is 0.414 e. The van der Waals surface area contributed by atoms with Gasteiger partial charge in [-0.15, -0.1) is 0 Å². The van der Waals surface area contributed by atoms with Crippen molar-refractivity contribution in [3.05, 3.63) is 12.2 Å². The van der Waals surface area contributed by atoms with Gasteiger partial charge in [0, 0.05) is 6.10 Å². The molecule has 1 atom stereocenters. The second kappa shape index (κ2) is 5.61. The molecule has 0 rings (SSSR count). The zero-order valence-electron chi connectivity index (χ0n) is 10.8. The first kappa shape index (κ1) is 14.6. The molecule has 0 spiro atoms. The fraction of sp³-hybridized carbons (Fsp3) is 0.750. The molecule has 0 aliphatic rings. The number of hydrogen-bond acceptors (Lipinski definition) is 2. The molecule has 0 heterocycles. The fourth-order valence-corrected chi connectivity index (χ4v) is 2.51.